The van der Waals surface area contributed by atoms with E-state index in [2.05, 4.69) is 10.1 Å². The summed E-state index contributed by atoms with van der Waals surface area (Å²) < 4.78 is 5.99. The lowest BCUT2D eigenvalue weighted by molar-refractivity contribution is -0.121. The summed E-state index contributed by atoms with van der Waals surface area (Å²) in [6, 6.07) is 4.73. The van der Waals surface area contributed by atoms with Crippen molar-refractivity contribution in [1.29, 1.82) is 0 Å². The number of pyridine rings is 1. The van der Waals surface area contributed by atoms with Gasteiger partial charge < -0.3 is 9.84 Å². The highest BCUT2D eigenvalue weighted by molar-refractivity contribution is 6.32. The first-order chi connectivity index (χ1) is 8.26. The minimum absolute atomic E-state index is 0.143. The van der Waals surface area contributed by atoms with Gasteiger partial charge in [-0.3, -0.25) is 4.79 Å². The highest BCUT2D eigenvalue weighted by Crippen LogP contribution is 2.23. The van der Waals surface area contributed by atoms with E-state index in [0.717, 1.165) is 0 Å². The van der Waals surface area contributed by atoms with Gasteiger partial charge in [-0.15, -0.1) is 0 Å². The van der Waals surface area contributed by atoms with Crippen LogP contribution in [-0.2, 0) is 11.4 Å². The molecule has 0 aliphatic carbocycles. The predicted molar refractivity (Wildman–Crippen MR) is 59.0 cm³/mol. The van der Waals surface area contributed by atoms with Crippen molar-refractivity contribution in [3.8, 4) is 11.7 Å². The summed E-state index contributed by atoms with van der Waals surface area (Å²) >= 11 is 5.95. The third-order valence-electron chi connectivity index (χ3n) is 2.00. The van der Waals surface area contributed by atoms with E-state index in [1.165, 1.54) is 16.9 Å². The zero-order valence-electron chi connectivity index (χ0n) is 8.58. The Morgan fingerprint density at radius 2 is 2.41 bits per heavy atom. The standard InChI is InChI=1S/C10H8ClN3O3/c11-8-2-1-3-12-10(8)14-9(17-6-16)4-7(5-15)13-14/h1-4,6,15H,5H2. The molecule has 0 bridgehead atoms. The van der Waals surface area contributed by atoms with Crippen LogP contribution in [0.5, 0.6) is 5.88 Å². The molecule has 0 saturated carbocycles. The molecule has 2 aromatic rings. The van der Waals surface area contributed by atoms with Gasteiger partial charge in [-0.1, -0.05) is 11.6 Å². The number of hydrogen-bond acceptors (Lipinski definition) is 5. The second kappa shape index (κ2) is 4.94. The summed E-state index contributed by atoms with van der Waals surface area (Å²) in [4.78, 5) is 14.4. The van der Waals surface area contributed by atoms with E-state index >= 15 is 0 Å². The molecule has 2 rings (SSSR count). The quantitative estimate of drug-likeness (QED) is 0.821. The Bertz CT molecular complexity index is 541. The molecule has 17 heavy (non-hydrogen) atoms. The molecule has 2 aromatic heterocycles. The lowest BCUT2D eigenvalue weighted by Crippen LogP contribution is -2.04. The molecular formula is C10H8ClN3O3. The van der Waals surface area contributed by atoms with Crippen molar-refractivity contribution >= 4 is 18.1 Å². The van der Waals surface area contributed by atoms with Crippen LogP contribution in [0.4, 0.5) is 0 Å². The third kappa shape index (κ3) is 2.27. The fraction of sp³-hybridized carbons (Fsp3) is 0.100. The lowest BCUT2D eigenvalue weighted by atomic mass is 10.4. The maximum atomic E-state index is 10.4. The van der Waals surface area contributed by atoms with Gasteiger partial charge in [-0.05, 0) is 12.1 Å². The maximum absolute atomic E-state index is 10.4. The van der Waals surface area contributed by atoms with Gasteiger partial charge in [0.25, 0.3) is 6.47 Å². The fourth-order valence-corrected chi connectivity index (χ4v) is 1.51. The van der Waals surface area contributed by atoms with Gasteiger partial charge in [0.15, 0.2) is 5.82 Å². The Morgan fingerprint density at radius 3 is 3.06 bits per heavy atom. The number of carbonyl (C=O) groups is 1. The summed E-state index contributed by atoms with van der Waals surface area (Å²) in [5.41, 5.74) is 0.351. The van der Waals surface area contributed by atoms with E-state index in [1.807, 2.05) is 0 Å². The molecule has 7 heteroatoms. The van der Waals surface area contributed by atoms with E-state index in [1.54, 1.807) is 12.1 Å². The van der Waals surface area contributed by atoms with Crippen molar-refractivity contribution in [3.63, 3.8) is 0 Å². The normalized spacial score (nSPS) is 10.2. The van der Waals surface area contributed by atoms with E-state index < -0.39 is 0 Å². The Hall–Kier alpha value is -1.92. The monoisotopic (exact) mass is 253 g/mol. The Kier molecular flexibility index (Phi) is 3.36. The van der Waals surface area contributed by atoms with Crippen molar-refractivity contribution in [2.45, 2.75) is 6.61 Å². The van der Waals surface area contributed by atoms with E-state index in [9.17, 15) is 4.79 Å². The van der Waals surface area contributed by atoms with Crippen LogP contribution >= 0.6 is 11.6 Å². The number of halogens is 1. The van der Waals surface area contributed by atoms with Crippen molar-refractivity contribution in [1.82, 2.24) is 14.8 Å². The van der Waals surface area contributed by atoms with Gasteiger partial charge in [0, 0.05) is 12.3 Å². The number of nitrogens with zero attached hydrogens (tertiary/aromatic N) is 3. The molecule has 0 radical (unpaired) electrons. The van der Waals surface area contributed by atoms with Crippen LogP contribution < -0.4 is 4.74 Å². The smallest absolute Gasteiger partial charge is 0.299 e. The molecule has 2 heterocycles. The number of carbonyl (C=O) groups excluding carboxylic acids is 1. The van der Waals surface area contributed by atoms with Crippen LogP contribution in [0.2, 0.25) is 5.02 Å². The summed E-state index contributed by atoms with van der Waals surface area (Å²) in [6.07, 6.45) is 1.53. The number of hydrogen-bond donors (Lipinski definition) is 1. The zero-order valence-corrected chi connectivity index (χ0v) is 9.33. The Balaban J connectivity index is 2.53. The highest BCUT2D eigenvalue weighted by atomic mass is 35.5. The molecule has 1 N–H and O–H groups in total. The molecule has 0 atom stereocenters. The summed E-state index contributed by atoms with van der Waals surface area (Å²) in [5.74, 6) is 0.468. The molecule has 0 saturated heterocycles. The SMILES string of the molecule is O=COc1cc(CO)nn1-c1ncccc1Cl. The van der Waals surface area contributed by atoms with Crippen LogP contribution in [0.15, 0.2) is 24.4 Å². The second-order valence-corrected chi connectivity index (χ2v) is 3.47. The number of ether oxygens (including phenoxy) is 1. The van der Waals surface area contributed by atoms with Gasteiger partial charge in [-0.25, -0.2) is 4.98 Å². The molecule has 6 nitrogen and oxygen atoms in total. The first-order valence-electron chi connectivity index (χ1n) is 4.67. The van der Waals surface area contributed by atoms with Gasteiger partial charge >= 0.3 is 0 Å². The largest absolute Gasteiger partial charge is 0.409 e. The number of rotatable bonds is 4. The molecule has 0 spiro atoms. The molecular weight excluding hydrogens is 246 g/mol. The molecule has 0 fully saturated rings. The fourth-order valence-electron chi connectivity index (χ4n) is 1.31. The third-order valence-corrected chi connectivity index (χ3v) is 2.29. The molecule has 0 unspecified atom stereocenters. The van der Waals surface area contributed by atoms with Gasteiger partial charge in [-0.2, -0.15) is 9.78 Å². The molecule has 0 aromatic carbocycles. The summed E-state index contributed by atoms with van der Waals surface area (Å²) in [5, 5.41) is 13.4. The van der Waals surface area contributed by atoms with Crippen molar-refractivity contribution in [2.75, 3.05) is 0 Å². The topological polar surface area (TPSA) is 77.2 Å². The Labute approximate surface area is 101 Å². The maximum Gasteiger partial charge on any atom is 0.299 e. The van der Waals surface area contributed by atoms with E-state index in [4.69, 9.17) is 21.4 Å². The minimum Gasteiger partial charge on any atom is -0.409 e. The zero-order chi connectivity index (χ0) is 12.3. The van der Waals surface area contributed by atoms with Crippen LogP contribution in [-0.4, -0.2) is 26.3 Å². The van der Waals surface area contributed by atoms with Crippen LogP contribution in [0.3, 0.4) is 0 Å². The van der Waals surface area contributed by atoms with Gasteiger partial charge in [0.05, 0.1) is 17.3 Å². The van der Waals surface area contributed by atoms with Crippen LogP contribution in [0, 0.1) is 0 Å². The van der Waals surface area contributed by atoms with Crippen molar-refractivity contribution < 1.29 is 14.6 Å². The van der Waals surface area contributed by atoms with Crippen LogP contribution in [0.1, 0.15) is 5.69 Å². The van der Waals surface area contributed by atoms with E-state index in [-0.39, 0.29) is 19.0 Å². The first-order valence-corrected chi connectivity index (χ1v) is 5.05. The van der Waals surface area contributed by atoms with Crippen molar-refractivity contribution in [3.05, 3.63) is 35.1 Å². The summed E-state index contributed by atoms with van der Waals surface area (Å²) in [6.45, 7) is -0.00180. The van der Waals surface area contributed by atoms with Gasteiger partial charge in [0.1, 0.15) is 0 Å². The van der Waals surface area contributed by atoms with Crippen molar-refractivity contribution in [2.24, 2.45) is 0 Å². The highest BCUT2D eigenvalue weighted by Gasteiger charge is 2.13. The number of aliphatic hydroxyl groups is 1. The molecule has 0 aliphatic heterocycles. The predicted octanol–water partition coefficient (Wildman–Crippen LogP) is 0.948. The molecule has 0 aliphatic rings. The van der Waals surface area contributed by atoms with E-state index in [0.29, 0.717) is 16.5 Å². The second-order valence-electron chi connectivity index (χ2n) is 3.07. The average Bonchev–Trinajstić information content (AvgIpc) is 2.73. The lowest BCUT2D eigenvalue weighted by Gasteiger charge is -2.05. The number of aromatic nitrogens is 3. The number of aliphatic hydroxyl groups excluding tert-OH is 1. The molecule has 88 valence electrons. The minimum atomic E-state index is -0.271. The van der Waals surface area contributed by atoms with Gasteiger partial charge in [0.2, 0.25) is 5.88 Å². The Morgan fingerprint density at radius 1 is 1.59 bits per heavy atom. The summed E-state index contributed by atoms with van der Waals surface area (Å²) in [7, 11) is 0. The molecule has 0 amide bonds. The first kappa shape index (κ1) is 11.6. The van der Waals surface area contributed by atoms with Crippen LogP contribution in [0.25, 0.3) is 5.82 Å². The average molecular weight is 254 g/mol.